The van der Waals surface area contributed by atoms with Crippen LogP contribution in [-0.4, -0.2) is 16.6 Å². The largest absolute Gasteiger partial charge is 0.417 e. The number of carbonyl (C=O) groups excluding carboxylic acids is 1. The van der Waals surface area contributed by atoms with Gasteiger partial charge in [-0.3, -0.25) is 4.79 Å². The van der Waals surface area contributed by atoms with Gasteiger partial charge in [-0.2, -0.15) is 18.4 Å². The lowest BCUT2D eigenvalue weighted by atomic mass is 9.48. The normalized spacial score (nSPS) is 31.7. The lowest BCUT2D eigenvalue weighted by molar-refractivity contribution is -0.138. The summed E-state index contributed by atoms with van der Waals surface area (Å²) in [7, 11) is 0. The summed E-state index contributed by atoms with van der Waals surface area (Å²) in [6.45, 7) is 0. The topological polar surface area (TPSA) is 79.8 Å². The first kappa shape index (κ1) is 18.6. The highest BCUT2D eigenvalue weighted by Crippen LogP contribution is 2.60. The highest BCUT2D eigenvalue weighted by molar-refractivity contribution is 8.00. The fourth-order valence-electron chi connectivity index (χ4n) is 5.79. The Hall–Kier alpha value is -1.75. The fraction of sp³-hybridized carbons (Fsp3) is 0.632. The Bertz CT molecular complexity index is 795. The van der Waals surface area contributed by atoms with Crippen LogP contribution in [0.1, 0.15) is 55.3 Å². The zero-order valence-electron chi connectivity index (χ0n) is 14.7. The number of nitriles is 1. The van der Waals surface area contributed by atoms with Gasteiger partial charge in [-0.1, -0.05) is 11.8 Å². The van der Waals surface area contributed by atoms with E-state index in [4.69, 9.17) is 5.73 Å². The molecule has 0 radical (unpaired) electrons. The van der Waals surface area contributed by atoms with E-state index in [1.807, 2.05) is 0 Å². The maximum absolute atomic E-state index is 13.7. The van der Waals surface area contributed by atoms with Crippen LogP contribution in [0.4, 0.5) is 13.2 Å². The molecule has 0 unspecified atom stereocenters. The van der Waals surface area contributed by atoms with Gasteiger partial charge in [-0.15, -0.1) is 0 Å². The number of amides is 1. The number of pyridine rings is 1. The van der Waals surface area contributed by atoms with Gasteiger partial charge in [0.15, 0.2) is 0 Å². The summed E-state index contributed by atoms with van der Waals surface area (Å²) in [4.78, 5) is 15.6. The van der Waals surface area contributed by atoms with Gasteiger partial charge in [0.2, 0.25) is 5.91 Å². The highest BCUT2D eigenvalue weighted by atomic mass is 32.2. The van der Waals surface area contributed by atoms with Crippen LogP contribution in [0.15, 0.2) is 11.1 Å². The lowest BCUT2D eigenvalue weighted by Crippen LogP contribution is -2.49. The Labute approximate surface area is 159 Å². The molecule has 8 heteroatoms. The van der Waals surface area contributed by atoms with Crippen molar-refractivity contribution in [2.45, 2.75) is 55.1 Å². The van der Waals surface area contributed by atoms with Gasteiger partial charge in [0.05, 0.1) is 16.9 Å². The second-order valence-corrected chi connectivity index (χ2v) is 9.26. The van der Waals surface area contributed by atoms with Crippen molar-refractivity contribution in [3.05, 3.63) is 22.9 Å². The number of rotatable bonds is 4. The number of nitrogens with two attached hydrogens (primary N) is 1. The van der Waals surface area contributed by atoms with E-state index < -0.39 is 23.2 Å². The van der Waals surface area contributed by atoms with E-state index >= 15 is 0 Å². The van der Waals surface area contributed by atoms with E-state index in [1.54, 1.807) is 6.07 Å². The van der Waals surface area contributed by atoms with Crippen molar-refractivity contribution in [1.82, 2.24) is 4.98 Å². The van der Waals surface area contributed by atoms with Crippen LogP contribution in [0.3, 0.4) is 0 Å². The molecule has 27 heavy (non-hydrogen) atoms. The molecule has 5 rings (SSSR count). The number of thioether (sulfide) groups is 1. The maximum Gasteiger partial charge on any atom is 0.417 e. The minimum Gasteiger partial charge on any atom is -0.369 e. The average Bonchev–Trinajstić information content (AvgIpc) is 2.57. The SMILES string of the molecule is N#Cc1c(C(F)(F)F)cc(C23CC4CC(CC(C4)C2)C3)nc1SCC(N)=O. The van der Waals surface area contributed by atoms with Crippen LogP contribution in [0.5, 0.6) is 0 Å². The molecule has 4 bridgehead atoms. The summed E-state index contributed by atoms with van der Waals surface area (Å²) in [6.07, 6.45) is 1.48. The lowest BCUT2D eigenvalue weighted by Gasteiger charge is -2.56. The molecule has 4 fully saturated rings. The van der Waals surface area contributed by atoms with Crippen LogP contribution < -0.4 is 5.73 Å². The molecule has 1 amide bonds. The molecule has 1 aromatic rings. The van der Waals surface area contributed by atoms with Crippen molar-refractivity contribution in [2.75, 3.05) is 5.75 Å². The first-order valence-corrected chi connectivity index (χ1v) is 10.1. The molecular weight excluding hydrogens is 375 g/mol. The van der Waals surface area contributed by atoms with E-state index in [-0.39, 0.29) is 16.2 Å². The third-order valence-corrected chi connectivity index (χ3v) is 7.33. The standard InChI is InChI=1S/C19H20F3N3OS/c20-19(21,22)14-4-15(25-17(13(14)8-23)27-9-16(24)26)18-5-10-1-11(6-18)3-12(2-10)7-18/h4,10-12H,1-3,5-7,9H2,(H2,24,26). The van der Waals surface area contributed by atoms with E-state index in [2.05, 4.69) is 4.98 Å². The third kappa shape index (κ3) is 3.31. The molecule has 4 nitrogen and oxygen atoms in total. The van der Waals surface area contributed by atoms with Gasteiger partial charge in [0.1, 0.15) is 11.1 Å². The zero-order chi connectivity index (χ0) is 19.4. The van der Waals surface area contributed by atoms with Gasteiger partial charge in [-0.05, 0) is 62.3 Å². The molecule has 4 saturated carbocycles. The Morgan fingerprint density at radius 3 is 2.26 bits per heavy atom. The number of halogens is 3. The second-order valence-electron chi connectivity index (χ2n) is 8.30. The van der Waals surface area contributed by atoms with Crippen molar-refractivity contribution < 1.29 is 18.0 Å². The quantitative estimate of drug-likeness (QED) is 0.781. The summed E-state index contributed by atoms with van der Waals surface area (Å²) < 4.78 is 41.1. The minimum atomic E-state index is -4.65. The molecule has 144 valence electrons. The summed E-state index contributed by atoms with van der Waals surface area (Å²) in [5, 5.41) is 9.30. The van der Waals surface area contributed by atoms with Crippen molar-refractivity contribution >= 4 is 17.7 Å². The van der Waals surface area contributed by atoms with Crippen molar-refractivity contribution in [1.29, 1.82) is 5.26 Å². The van der Waals surface area contributed by atoms with Crippen LogP contribution in [-0.2, 0) is 16.4 Å². The highest BCUT2D eigenvalue weighted by Gasteiger charge is 2.53. The first-order valence-electron chi connectivity index (χ1n) is 9.14. The first-order chi connectivity index (χ1) is 12.7. The van der Waals surface area contributed by atoms with Gasteiger partial charge in [-0.25, -0.2) is 4.98 Å². The molecular formula is C19H20F3N3OS. The number of hydrogen-bond donors (Lipinski definition) is 1. The summed E-state index contributed by atoms with van der Waals surface area (Å²) in [5.41, 5.74) is 3.80. The number of primary amides is 1. The molecule has 1 heterocycles. The van der Waals surface area contributed by atoms with Crippen LogP contribution in [0.2, 0.25) is 0 Å². The minimum absolute atomic E-state index is 0.0307. The molecule has 0 aliphatic heterocycles. The number of carbonyl (C=O) groups is 1. The summed E-state index contributed by atoms with van der Waals surface area (Å²) >= 11 is 0.820. The van der Waals surface area contributed by atoms with Gasteiger partial charge in [0, 0.05) is 11.1 Å². The Morgan fingerprint density at radius 2 is 1.81 bits per heavy atom. The number of aromatic nitrogens is 1. The van der Waals surface area contributed by atoms with Crippen LogP contribution in [0.25, 0.3) is 0 Å². The summed E-state index contributed by atoms with van der Waals surface area (Å²) in [6, 6.07) is 2.74. The number of nitrogens with zero attached hydrogens (tertiary/aromatic N) is 2. The van der Waals surface area contributed by atoms with Gasteiger partial charge in [0.25, 0.3) is 0 Å². The van der Waals surface area contributed by atoms with Gasteiger partial charge < -0.3 is 5.73 Å². The molecule has 4 aliphatic carbocycles. The predicted octanol–water partition coefficient (Wildman–Crippen LogP) is 4.02. The molecule has 0 atom stereocenters. The van der Waals surface area contributed by atoms with Crippen LogP contribution in [0, 0.1) is 29.1 Å². The van der Waals surface area contributed by atoms with Crippen molar-refractivity contribution in [3.63, 3.8) is 0 Å². The average molecular weight is 395 g/mol. The third-order valence-electron chi connectivity index (χ3n) is 6.34. The smallest absolute Gasteiger partial charge is 0.369 e. The van der Waals surface area contributed by atoms with Gasteiger partial charge >= 0.3 is 6.18 Å². The Balaban J connectivity index is 1.82. The molecule has 1 aromatic heterocycles. The molecule has 0 spiro atoms. The van der Waals surface area contributed by atoms with E-state index in [0.29, 0.717) is 23.4 Å². The summed E-state index contributed by atoms with van der Waals surface area (Å²) in [5.74, 6) is 0.822. The number of hydrogen-bond acceptors (Lipinski definition) is 4. The zero-order valence-corrected chi connectivity index (χ0v) is 15.5. The van der Waals surface area contributed by atoms with Crippen molar-refractivity contribution in [2.24, 2.45) is 23.5 Å². The van der Waals surface area contributed by atoms with Crippen molar-refractivity contribution in [3.8, 4) is 6.07 Å². The van der Waals surface area contributed by atoms with E-state index in [0.717, 1.165) is 37.1 Å². The predicted molar refractivity (Wildman–Crippen MR) is 93.7 cm³/mol. The maximum atomic E-state index is 13.7. The van der Waals surface area contributed by atoms with E-state index in [9.17, 15) is 23.2 Å². The molecule has 0 saturated heterocycles. The Morgan fingerprint density at radius 1 is 1.26 bits per heavy atom. The monoisotopic (exact) mass is 395 g/mol. The fourth-order valence-corrected chi connectivity index (χ4v) is 6.54. The van der Waals surface area contributed by atoms with Crippen LogP contribution >= 0.6 is 11.8 Å². The number of alkyl halides is 3. The van der Waals surface area contributed by atoms with E-state index in [1.165, 1.54) is 19.3 Å². The molecule has 0 aromatic carbocycles. The second kappa shape index (κ2) is 6.40. The molecule has 4 aliphatic rings. The molecule has 2 N–H and O–H groups in total. The Kier molecular flexibility index (Phi) is 4.41.